The van der Waals surface area contributed by atoms with Gasteiger partial charge in [-0.3, -0.25) is 9.59 Å². The van der Waals surface area contributed by atoms with Crippen LogP contribution in [0.15, 0.2) is 54.6 Å². The summed E-state index contributed by atoms with van der Waals surface area (Å²) in [5, 5.41) is 2.96. The minimum atomic E-state index is -0.512. The van der Waals surface area contributed by atoms with E-state index in [0.717, 1.165) is 16.7 Å². The molecule has 0 unspecified atom stereocenters. The Labute approximate surface area is 169 Å². The van der Waals surface area contributed by atoms with Crippen molar-refractivity contribution >= 4 is 11.8 Å². The van der Waals surface area contributed by atoms with Crippen molar-refractivity contribution in [2.45, 2.75) is 53.1 Å². The second-order valence-electron chi connectivity index (χ2n) is 7.75. The van der Waals surface area contributed by atoms with E-state index in [-0.39, 0.29) is 11.8 Å². The molecule has 0 heterocycles. The number of aryl methyl sites for hydroxylation is 2. The van der Waals surface area contributed by atoms with Crippen LogP contribution in [0.4, 0.5) is 0 Å². The number of nitrogens with one attached hydrogen (secondary N) is 1. The number of carbonyl (C=O) groups excluding carboxylic acids is 2. The van der Waals surface area contributed by atoms with Gasteiger partial charge in [0.15, 0.2) is 0 Å². The van der Waals surface area contributed by atoms with E-state index >= 15 is 0 Å². The summed E-state index contributed by atoms with van der Waals surface area (Å²) in [6, 6.07) is 17.5. The van der Waals surface area contributed by atoms with Gasteiger partial charge >= 0.3 is 0 Å². The van der Waals surface area contributed by atoms with Crippen LogP contribution >= 0.6 is 0 Å². The van der Waals surface area contributed by atoms with E-state index in [1.165, 1.54) is 0 Å². The van der Waals surface area contributed by atoms with Gasteiger partial charge in [-0.15, -0.1) is 0 Å². The fourth-order valence-corrected chi connectivity index (χ4v) is 3.05. The summed E-state index contributed by atoms with van der Waals surface area (Å²) in [5.74, 6) is 0.268. The first kappa shape index (κ1) is 21.7. The molecule has 2 amide bonds. The number of carbonyl (C=O) groups is 2. The molecule has 0 bridgehead atoms. The van der Waals surface area contributed by atoms with E-state index in [9.17, 15) is 9.59 Å². The van der Waals surface area contributed by atoms with Gasteiger partial charge in [0, 0.05) is 19.5 Å². The highest BCUT2D eigenvalue weighted by molar-refractivity contribution is 5.87. The SMILES string of the molecule is Cc1ccccc1CN(C(=O)CCc1ccccc1)[C@@H](C)C(=O)NCC(C)C. The van der Waals surface area contributed by atoms with Crippen molar-refractivity contribution in [1.82, 2.24) is 10.2 Å². The molecule has 4 nitrogen and oxygen atoms in total. The molecule has 1 atom stereocenters. The molecule has 2 rings (SSSR count). The Hall–Kier alpha value is -2.62. The number of amides is 2. The maximum absolute atomic E-state index is 13.1. The zero-order chi connectivity index (χ0) is 20.5. The van der Waals surface area contributed by atoms with E-state index < -0.39 is 6.04 Å². The molecule has 0 saturated heterocycles. The molecule has 0 aromatic heterocycles. The van der Waals surface area contributed by atoms with Gasteiger partial charge < -0.3 is 10.2 Å². The average Bonchev–Trinajstić information content (AvgIpc) is 2.69. The lowest BCUT2D eigenvalue weighted by Crippen LogP contribution is -2.48. The summed E-state index contributed by atoms with van der Waals surface area (Å²) in [6.45, 7) is 9.01. The van der Waals surface area contributed by atoms with Gasteiger partial charge in [0.1, 0.15) is 6.04 Å². The van der Waals surface area contributed by atoms with Crippen LogP contribution in [0.2, 0.25) is 0 Å². The lowest BCUT2D eigenvalue weighted by atomic mass is 10.1. The minimum Gasteiger partial charge on any atom is -0.354 e. The van der Waals surface area contributed by atoms with Crippen LogP contribution in [-0.4, -0.2) is 29.3 Å². The first-order chi connectivity index (χ1) is 13.4. The molecule has 0 saturated carbocycles. The van der Waals surface area contributed by atoms with Gasteiger partial charge in [0.05, 0.1) is 0 Å². The minimum absolute atomic E-state index is 0.000645. The normalized spacial score (nSPS) is 11.9. The van der Waals surface area contributed by atoms with Crippen molar-refractivity contribution in [3.8, 4) is 0 Å². The number of hydrogen-bond donors (Lipinski definition) is 1. The van der Waals surface area contributed by atoms with Gasteiger partial charge in [-0.05, 0) is 42.9 Å². The van der Waals surface area contributed by atoms with E-state index in [4.69, 9.17) is 0 Å². The first-order valence-corrected chi connectivity index (χ1v) is 10.0. The van der Waals surface area contributed by atoms with E-state index in [1.54, 1.807) is 4.90 Å². The molecular formula is C24H32N2O2. The largest absolute Gasteiger partial charge is 0.354 e. The zero-order valence-electron chi connectivity index (χ0n) is 17.4. The number of nitrogens with zero attached hydrogens (tertiary/aromatic N) is 1. The van der Waals surface area contributed by atoms with Crippen LogP contribution in [0, 0.1) is 12.8 Å². The smallest absolute Gasteiger partial charge is 0.242 e. The Bertz CT molecular complexity index is 771. The Morgan fingerprint density at radius 3 is 2.25 bits per heavy atom. The van der Waals surface area contributed by atoms with Gasteiger partial charge in [0.2, 0.25) is 11.8 Å². The fraction of sp³-hybridized carbons (Fsp3) is 0.417. The van der Waals surface area contributed by atoms with E-state index in [2.05, 4.69) is 19.2 Å². The van der Waals surface area contributed by atoms with Crippen LogP contribution in [0.3, 0.4) is 0 Å². The second-order valence-corrected chi connectivity index (χ2v) is 7.75. The molecule has 0 aliphatic carbocycles. The average molecular weight is 381 g/mol. The van der Waals surface area contributed by atoms with Gasteiger partial charge in [-0.25, -0.2) is 0 Å². The fourth-order valence-electron chi connectivity index (χ4n) is 3.05. The first-order valence-electron chi connectivity index (χ1n) is 10.0. The Morgan fingerprint density at radius 2 is 1.61 bits per heavy atom. The Balaban J connectivity index is 2.13. The molecule has 28 heavy (non-hydrogen) atoms. The zero-order valence-corrected chi connectivity index (χ0v) is 17.4. The molecule has 0 spiro atoms. The van der Waals surface area contributed by atoms with E-state index in [1.807, 2.05) is 68.4 Å². The topological polar surface area (TPSA) is 49.4 Å². The quantitative estimate of drug-likeness (QED) is 0.711. The van der Waals surface area contributed by atoms with E-state index in [0.29, 0.717) is 31.8 Å². The molecule has 4 heteroatoms. The summed E-state index contributed by atoms with van der Waals surface area (Å²) >= 11 is 0. The highest BCUT2D eigenvalue weighted by atomic mass is 16.2. The number of hydrogen-bond acceptors (Lipinski definition) is 2. The highest BCUT2D eigenvalue weighted by Crippen LogP contribution is 2.15. The maximum Gasteiger partial charge on any atom is 0.242 e. The molecule has 1 N–H and O–H groups in total. The van der Waals surface area contributed by atoms with Crippen molar-refractivity contribution in [1.29, 1.82) is 0 Å². The molecule has 150 valence electrons. The van der Waals surface area contributed by atoms with Crippen molar-refractivity contribution in [2.24, 2.45) is 5.92 Å². The van der Waals surface area contributed by atoms with Crippen LogP contribution in [-0.2, 0) is 22.6 Å². The third kappa shape index (κ3) is 6.52. The second kappa shape index (κ2) is 10.6. The monoisotopic (exact) mass is 380 g/mol. The molecule has 2 aromatic carbocycles. The molecule has 0 fully saturated rings. The molecular weight excluding hydrogens is 348 g/mol. The number of benzene rings is 2. The van der Waals surface area contributed by atoms with Gasteiger partial charge in [0.25, 0.3) is 0 Å². The summed E-state index contributed by atoms with van der Waals surface area (Å²) in [5.41, 5.74) is 3.32. The third-order valence-corrected chi connectivity index (χ3v) is 4.92. The predicted molar refractivity (Wildman–Crippen MR) is 114 cm³/mol. The Morgan fingerprint density at radius 1 is 0.964 bits per heavy atom. The van der Waals surface area contributed by atoms with Crippen molar-refractivity contribution in [3.63, 3.8) is 0 Å². The van der Waals surface area contributed by atoms with Crippen molar-refractivity contribution in [2.75, 3.05) is 6.54 Å². The summed E-state index contributed by atoms with van der Waals surface area (Å²) in [6.07, 6.45) is 1.06. The molecule has 0 radical (unpaired) electrons. The molecule has 0 aliphatic rings. The number of rotatable bonds is 9. The molecule has 0 aliphatic heterocycles. The van der Waals surface area contributed by atoms with Crippen LogP contribution in [0.5, 0.6) is 0 Å². The van der Waals surface area contributed by atoms with Crippen molar-refractivity contribution in [3.05, 3.63) is 71.3 Å². The highest BCUT2D eigenvalue weighted by Gasteiger charge is 2.26. The standard InChI is InChI=1S/C24H32N2O2/c1-18(2)16-25-24(28)20(4)26(17-22-13-9-8-10-19(22)3)23(27)15-14-21-11-6-5-7-12-21/h5-13,18,20H,14-17H2,1-4H3,(H,25,28)/t20-/m0/s1. The predicted octanol–water partition coefficient (Wildman–Crippen LogP) is 4.12. The summed E-state index contributed by atoms with van der Waals surface area (Å²) in [4.78, 5) is 27.4. The van der Waals surface area contributed by atoms with Gasteiger partial charge in [-0.1, -0.05) is 68.4 Å². The van der Waals surface area contributed by atoms with Crippen molar-refractivity contribution < 1.29 is 9.59 Å². The maximum atomic E-state index is 13.1. The van der Waals surface area contributed by atoms with Gasteiger partial charge in [-0.2, -0.15) is 0 Å². The summed E-state index contributed by atoms with van der Waals surface area (Å²) in [7, 11) is 0. The van der Waals surface area contributed by atoms with Crippen LogP contribution in [0.25, 0.3) is 0 Å². The molecule has 2 aromatic rings. The summed E-state index contributed by atoms with van der Waals surface area (Å²) < 4.78 is 0. The lowest BCUT2D eigenvalue weighted by molar-refractivity contribution is -0.140. The lowest BCUT2D eigenvalue weighted by Gasteiger charge is -2.29. The third-order valence-electron chi connectivity index (χ3n) is 4.92. The van der Waals surface area contributed by atoms with Crippen LogP contribution in [0.1, 0.15) is 43.9 Å². The Kier molecular flexibility index (Phi) is 8.24. The van der Waals surface area contributed by atoms with Crippen LogP contribution < -0.4 is 5.32 Å².